The Morgan fingerprint density at radius 3 is 1.52 bits per heavy atom. The average Bonchev–Trinajstić information content (AvgIpc) is 3.30. The topological polar surface area (TPSA) is 40.5 Å². The van der Waals surface area contributed by atoms with Crippen LogP contribution < -0.4 is 0 Å². The van der Waals surface area contributed by atoms with Crippen LogP contribution in [0.1, 0.15) is 32.1 Å². The quantitative estimate of drug-likeness (QED) is 0.766. The first kappa shape index (κ1) is 12.4. The summed E-state index contributed by atoms with van der Waals surface area (Å²) >= 11 is 0. The minimum Gasteiger partial charge on any atom is -0.396 e. The van der Waals surface area contributed by atoms with Crippen LogP contribution >= 0.6 is 0 Å². The van der Waals surface area contributed by atoms with Crippen LogP contribution in [0.15, 0.2) is 0 Å². The molecule has 116 valence electrons. The fourth-order valence-corrected chi connectivity index (χ4v) is 9.61. The lowest BCUT2D eigenvalue weighted by atomic mass is 9.56. The highest BCUT2D eigenvalue weighted by molar-refractivity contribution is 5.20. The minimum atomic E-state index is 0.327. The van der Waals surface area contributed by atoms with E-state index in [1.54, 1.807) is 6.42 Å². The van der Waals surface area contributed by atoms with E-state index in [0.29, 0.717) is 25.0 Å². The van der Waals surface area contributed by atoms with Crippen LogP contribution in [-0.2, 0) is 0 Å². The van der Waals surface area contributed by atoms with Crippen LogP contribution in [0, 0.1) is 71.0 Å². The first-order valence-corrected chi connectivity index (χ1v) is 9.55. The molecule has 2 nitrogen and oxygen atoms in total. The van der Waals surface area contributed by atoms with Gasteiger partial charge >= 0.3 is 0 Å². The SMILES string of the molecule is OCC1C(CO)C2CC1C1C3CC(C4C5CCC(C5)C34)C21. The third-order valence-corrected chi connectivity index (χ3v) is 9.62. The summed E-state index contributed by atoms with van der Waals surface area (Å²) in [6.07, 6.45) is 7.49. The molecule has 12 unspecified atom stereocenters. The van der Waals surface area contributed by atoms with Gasteiger partial charge in [-0.1, -0.05) is 0 Å². The van der Waals surface area contributed by atoms with Gasteiger partial charge in [-0.25, -0.2) is 0 Å². The van der Waals surface area contributed by atoms with Crippen LogP contribution in [0.25, 0.3) is 0 Å². The fourth-order valence-electron chi connectivity index (χ4n) is 9.61. The van der Waals surface area contributed by atoms with Gasteiger partial charge in [0, 0.05) is 13.2 Å². The molecule has 0 aromatic rings. The van der Waals surface area contributed by atoms with E-state index in [1.807, 2.05) is 0 Å². The third-order valence-electron chi connectivity index (χ3n) is 9.62. The second-order valence-corrected chi connectivity index (χ2v) is 9.46. The third kappa shape index (κ3) is 1.20. The lowest BCUT2D eigenvalue weighted by Gasteiger charge is -2.48. The van der Waals surface area contributed by atoms with Gasteiger partial charge in [-0.15, -0.1) is 0 Å². The summed E-state index contributed by atoms with van der Waals surface area (Å²) in [5.41, 5.74) is 0. The standard InChI is InChI=1S/C19H28O2/c20-6-14-10-4-11(15(14)7-21)19-13-5-12(18(10)19)16-8-1-2-9(3-8)17(13)16/h8-21H,1-7H2. The van der Waals surface area contributed by atoms with Crippen LogP contribution in [0.2, 0.25) is 0 Å². The zero-order valence-corrected chi connectivity index (χ0v) is 12.8. The first-order valence-electron chi connectivity index (χ1n) is 9.55. The van der Waals surface area contributed by atoms with Crippen molar-refractivity contribution in [2.45, 2.75) is 32.1 Å². The van der Waals surface area contributed by atoms with Crippen molar-refractivity contribution in [1.82, 2.24) is 0 Å². The van der Waals surface area contributed by atoms with Crippen molar-refractivity contribution in [3.8, 4) is 0 Å². The van der Waals surface area contributed by atoms with E-state index in [9.17, 15) is 10.2 Å². The van der Waals surface area contributed by atoms with Crippen molar-refractivity contribution in [2.75, 3.05) is 13.2 Å². The van der Waals surface area contributed by atoms with Gasteiger partial charge in [-0.3, -0.25) is 0 Å². The van der Waals surface area contributed by atoms with Gasteiger partial charge in [0.1, 0.15) is 0 Å². The van der Waals surface area contributed by atoms with Crippen LogP contribution in [0.4, 0.5) is 0 Å². The van der Waals surface area contributed by atoms with Crippen LogP contribution in [-0.4, -0.2) is 23.4 Å². The summed E-state index contributed by atoms with van der Waals surface area (Å²) in [6.45, 7) is 0.653. The van der Waals surface area contributed by atoms with Crippen LogP contribution in [0.5, 0.6) is 0 Å². The van der Waals surface area contributed by atoms with E-state index in [-0.39, 0.29) is 0 Å². The van der Waals surface area contributed by atoms with Gasteiger partial charge in [0.15, 0.2) is 0 Å². The summed E-state index contributed by atoms with van der Waals surface area (Å²) < 4.78 is 0. The maximum atomic E-state index is 9.86. The summed E-state index contributed by atoms with van der Waals surface area (Å²) in [4.78, 5) is 0. The Labute approximate surface area is 127 Å². The summed E-state index contributed by atoms with van der Waals surface area (Å²) in [7, 11) is 0. The second-order valence-electron chi connectivity index (χ2n) is 9.46. The normalized spacial score (nSPS) is 68.9. The van der Waals surface area contributed by atoms with Crippen molar-refractivity contribution >= 4 is 0 Å². The van der Waals surface area contributed by atoms with E-state index in [1.165, 1.54) is 25.7 Å². The summed E-state index contributed by atoms with van der Waals surface area (Å²) in [6, 6.07) is 0. The van der Waals surface area contributed by atoms with Gasteiger partial charge in [0.25, 0.3) is 0 Å². The molecule has 6 aliphatic rings. The number of fused-ring (bicyclic) bond motifs is 16. The van der Waals surface area contributed by atoms with Gasteiger partial charge < -0.3 is 10.2 Å². The molecule has 6 bridgehead atoms. The molecule has 0 spiro atoms. The van der Waals surface area contributed by atoms with E-state index in [2.05, 4.69) is 0 Å². The van der Waals surface area contributed by atoms with Crippen molar-refractivity contribution < 1.29 is 10.2 Å². The highest BCUT2D eigenvalue weighted by Crippen LogP contribution is 2.77. The van der Waals surface area contributed by atoms with E-state index < -0.39 is 0 Å². The molecule has 0 aliphatic heterocycles. The molecular formula is C19H28O2. The molecule has 6 fully saturated rings. The minimum absolute atomic E-state index is 0.327. The summed E-state index contributed by atoms with van der Waals surface area (Å²) in [5.74, 6) is 10.6. The number of hydrogen-bond donors (Lipinski definition) is 2. The summed E-state index contributed by atoms with van der Waals surface area (Å²) in [5, 5.41) is 19.7. The molecule has 2 heteroatoms. The molecule has 0 aromatic carbocycles. The second kappa shape index (κ2) is 3.87. The Morgan fingerprint density at radius 1 is 0.571 bits per heavy atom. The molecule has 0 heterocycles. The zero-order valence-electron chi connectivity index (χ0n) is 12.8. The smallest absolute Gasteiger partial charge is 0.0465 e. The van der Waals surface area contributed by atoms with Crippen molar-refractivity contribution in [1.29, 1.82) is 0 Å². The Hall–Kier alpha value is -0.0800. The predicted octanol–water partition coefficient (Wildman–Crippen LogP) is 2.40. The monoisotopic (exact) mass is 288 g/mol. The van der Waals surface area contributed by atoms with Gasteiger partial charge in [0.2, 0.25) is 0 Å². The largest absolute Gasteiger partial charge is 0.396 e. The lowest BCUT2D eigenvalue weighted by molar-refractivity contribution is -0.0403. The number of aliphatic hydroxyl groups excluding tert-OH is 2. The molecule has 0 radical (unpaired) electrons. The highest BCUT2D eigenvalue weighted by atomic mass is 16.3. The Bertz CT molecular complexity index is 436. The molecule has 6 rings (SSSR count). The van der Waals surface area contributed by atoms with Crippen molar-refractivity contribution in [3.05, 3.63) is 0 Å². The van der Waals surface area contributed by atoms with E-state index >= 15 is 0 Å². The number of hydrogen-bond acceptors (Lipinski definition) is 2. The molecular weight excluding hydrogens is 260 g/mol. The molecule has 6 saturated carbocycles. The molecule has 2 N–H and O–H groups in total. The molecule has 12 atom stereocenters. The molecule has 21 heavy (non-hydrogen) atoms. The zero-order chi connectivity index (χ0) is 13.9. The van der Waals surface area contributed by atoms with Gasteiger partial charge in [-0.2, -0.15) is 0 Å². The van der Waals surface area contributed by atoms with Gasteiger partial charge in [0.05, 0.1) is 0 Å². The number of rotatable bonds is 2. The Morgan fingerprint density at radius 2 is 1.05 bits per heavy atom. The Balaban J connectivity index is 1.39. The van der Waals surface area contributed by atoms with Gasteiger partial charge in [-0.05, 0) is 103 Å². The molecule has 0 amide bonds. The van der Waals surface area contributed by atoms with Crippen molar-refractivity contribution in [3.63, 3.8) is 0 Å². The first-order chi connectivity index (χ1) is 10.3. The molecule has 0 aromatic heterocycles. The van der Waals surface area contributed by atoms with Crippen molar-refractivity contribution in [2.24, 2.45) is 71.0 Å². The fraction of sp³-hybridized carbons (Fsp3) is 1.00. The maximum absolute atomic E-state index is 9.86. The molecule has 6 aliphatic carbocycles. The van der Waals surface area contributed by atoms with Crippen LogP contribution in [0.3, 0.4) is 0 Å². The Kier molecular flexibility index (Phi) is 2.28. The maximum Gasteiger partial charge on any atom is 0.0465 e. The number of aliphatic hydroxyl groups is 2. The predicted molar refractivity (Wildman–Crippen MR) is 79.1 cm³/mol. The molecule has 0 saturated heterocycles. The van der Waals surface area contributed by atoms with E-state index in [0.717, 1.165) is 59.2 Å². The lowest BCUT2D eigenvalue weighted by Crippen LogP contribution is -2.46. The highest BCUT2D eigenvalue weighted by Gasteiger charge is 2.72. The van der Waals surface area contributed by atoms with E-state index in [4.69, 9.17) is 0 Å². The average molecular weight is 288 g/mol.